The van der Waals surface area contributed by atoms with E-state index in [0.717, 1.165) is 25.7 Å². The van der Waals surface area contributed by atoms with Gasteiger partial charge in [-0.05, 0) is 31.6 Å². The second kappa shape index (κ2) is 18.6. The molecule has 2 fully saturated rings. The molecule has 2 unspecified atom stereocenters. The van der Waals surface area contributed by atoms with E-state index in [4.69, 9.17) is 30.0 Å². The molecule has 55 heavy (non-hydrogen) atoms. The van der Waals surface area contributed by atoms with Crippen LogP contribution in [0.15, 0.2) is 37.2 Å². The van der Waals surface area contributed by atoms with E-state index in [0.29, 0.717) is 13.1 Å². The van der Waals surface area contributed by atoms with Gasteiger partial charge in [0.25, 0.3) is 12.1 Å². The Balaban J connectivity index is 1.12. The molecule has 0 radical (unpaired) electrons. The van der Waals surface area contributed by atoms with Crippen LogP contribution in [0.5, 0.6) is 0 Å². The summed E-state index contributed by atoms with van der Waals surface area (Å²) >= 11 is 0. The van der Waals surface area contributed by atoms with Gasteiger partial charge in [-0.15, -0.1) is 0 Å². The minimum absolute atomic E-state index is 0.0336. The van der Waals surface area contributed by atoms with Gasteiger partial charge in [0.1, 0.15) is 36.3 Å². The average Bonchev–Trinajstić information content (AvgIpc) is 3.79. The third kappa shape index (κ3) is 10.8. The van der Waals surface area contributed by atoms with Crippen LogP contribution in [0.2, 0.25) is 0 Å². The normalized spacial score (nSPS) is 27.5. The van der Waals surface area contributed by atoms with Crippen LogP contribution in [0.25, 0.3) is 11.2 Å². The molecule has 2 amide bonds. The van der Waals surface area contributed by atoms with Gasteiger partial charge in [-0.3, -0.25) is 23.2 Å². The van der Waals surface area contributed by atoms with Crippen LogP contribution >= 0.6 is 15.6 Å². The van der Waals surface area contributed by atoms with Crippen LogP contribution < -0.4 is 31.8 Å². The quantitative estimate of drug-likeness (QED) is 0.0308. The zero-order valence-corrected chi connectivity index (χ0v) is 30.8. The molecule has 304 valence electrons. The van der Waals surface area contributed by atoms with Crippen molar-refractivity contribution in [2.24, 2.45) is 11.5 Å². The van der Waals surface area contributed by atoms with E-state index in [-0.39, 0.29) is 35.0 Å². The summed E-state index contributed by atoms with van der Waals surface area (Å²) in [6.07, 6.45) is -4.12. The van der Waals surface area contributed by atoms with Crippen molar-refractivity contribution < 1.29 is 76.3 Å². The summed E-state index contributed by atoms with van der Waals surface area (Å²) in [5.41, 5.74) is 11.1. The van der Waals surface area contributed by atoms with Crippen molar-refractivity contribution in [3.8, 4) is 0 Å². The van der Waals surface area contributed by atoms with Gasteiger partial charge in [-0.1, -0.05) is 12.8 Å². The maximum Gasteiger partial charge on any atom is 0.481 e. The molecule has 2 aliphatic rings. The van der Waals surface area contributed by atoms with E-state index < -0.39 is 83.8 Å². The van der Waals surface area contributed by atoms with Crippen molar-refractivity contribution >= 4 is 44.4 Å². The molecule has 26 heteroatoms. The first-order chi connectivity index (χ1) is 26.1. The fourth-order valence-electron chi connectivity index (χ4n) is 5.75. The second-order valence-corrected chi connectivity index (χ2v) is 15.6. The molecule has 3 aromatic rings. The molecule has 2 saturated heterocycles. The Labute approximate surface area is 312 Å². The van der Waals surface area contributed by atoms with Gasteiger partial charge in [0, 0.05) is 12.6 Å². The van der Waals surface area contributed by atoms with Crippen molar-refractivity contribution in [2.45, 2.75) is 74.8 Å². The highest BCUT2D eigenvalue weighted by Crippen LogP contribution is 2.60. The molecule has 5 rings (SSSR count). The van der Waals surface area contributed by atoms with Gasteiger partial charge in [-0.2, -0.15) is 8.88 Å². The number of nitrogens with two attached hydrogens (primary N) is 2. The summed E-state index contributed by atoms with van der Waals surface area (Å²) in [5.74, 6) is -0.879. The number of primary amides is 1. The fourth-order valence-corrected chi connectivity index (χ4v) is 7.84. The number of aliphatic hydroxyl groups excluding tert-OH is 3. The first-order valence-electron chi connectivity index (χ1n) is 17.0. The summed E-state index contributed by atoms with van der Waals surface area (Å²) in [4.78, 5) is 56.6. The van der Waals surface area contributed by atoms with Gasteiger partial charge < -0.3 is 61.8 Å². The number of anilines is 1. The molecule has 3 aromatic heterocycles. The fraction of sp³-hybridized carbons (Fsp3) is 0.586. The summed E-state index contributed by atoms with van der Waals surface area (Å²) in [6, 6.07) is 2.78. The molecular formula is C29H43N9O15P2. The Morgan fingerprint density at radius 1 is 0.982 bits per heavy atom. The van der Waals surface area contributed by atoms with Gasteiger partial charge >= 0.3 is 15.6 Å². The van der Waals surface area contributed by atoms with Crippen LogP contribution in [-0.4, -0.2) is 126 Å². The highest BCUT2D eigenvalue weighted by Gasteiger charge is 2.47. The zero-order valence-electron chi connectivity index (χ0n) is 29.1. The summed E-state index contributed by atoms with van der Waals surface area (Å²) in [7, 11) is -10.9. The standard InChI is InChI=1S/C29H43N9O15P2/c30-7-3-1-2-4-8-32-19(39)10-33-26-20-27(35-14-34-26)38(15-36-20)29-24(43)22(41)18(52-29)13-50-55(47,48)53-54(45,46)49-12-17-21(40)23(42)28(51-17)37-9-5-6-16(11-37)25(31)44/h5-6,9,11,14-15,17-18,21-24,28-29,40-41,43H,1-4,7-8,10,12-13,30H2,(H2,31,44)(H,32,39)(H,45,46)(H,47,48)(H,33,34,35)/t17-,18-,21-,22-,23-,24-,28-,29-/m1/s1. The van der Waals surface area contributed by atoms with Crippen molar-refractivity contribution in [1.29, 1.82) is 0 Å². The first-order valence-corrected chi connectivity index (χ1v) is 20.0. The largest absolute Gasteiger partial charge is 0.843 e. The SMILES string of the molecule is NCCCCCCNC(=O)CNc1ncnc2c1ncn2[C@@H]1O[C@H](COP(=O)(O)OP(=O)(O)OC[C@H]2O[C@@H]([n+]3cccc(C(N)=O)c3)[C@H]([O-])[C@@H]2O)[C@@H](O)[C@H]1O. The molecule has 0 bridgehead atoms. The maximum absolute atomic E-state index is 12.7. The van der Waals surface area contributed by atoms with Gasteiger partial charge in [0.05, 0.1) is 32.2 Å². The highest BCUT2D eigenvalue weighted by molar-refractivity contribution is 7.61. The van der Waals surface area contributed by atoms with Gasteiger partial charge in [0.15, 0.2) is 35.6 Å². The van der Waals surface area contributed by atoms with E-state index in [1.807, 2.05) is 0 Å². The van der Waals surface area contributed by atoms with Crippen LogP contribution in [0.1, 0.15) is 48.5 Å². The molecule has 0 aromatic carbocycles. The molecule has 24 nitrogen and oxygen atoms in total. The van der Waals surface area contributed by atoms with Crippen molar-refractivity contribution in [1.82, 2.24) is 24.8 Å². The van der Waals surface area contributed by atoms with Crippen LogP contribution in [0, 0.1) is 0 Å². The summed E-state index contributed by atoms with van der Waals surface area (Å²) in [6.45, 7) is -0.900. The Morgan fingerprint density at radius 2 is 1.67 bits per heavy atom. The number of aliphatic hydroxyl groups is 3. The molecular weight excluding hydrogens is 776 g/mol. The second-order valence-electron chi connectivity index (χ2n) is 12.5. The number of amides is 2. The third-order valence-corrected chi connectivity index (χ3v) is 11.2. The summed E-state index contributed by atoms with van der Waals surface area (Å²) in [5, 5.41) is 50.1. The number of ether oxygens (including phenoxy) is 2. The number of rotatable bonds is 20. The monoisotopic (exact) mass is 819 g/mol. The number of hydrogen-bond donors (Lipinski definition) is 9. The maximum atomic E-state index is 12.7. The number of pyridine rings is 1. The Bertz CT molecular complexity index is 1890. The molecule has 10 atom stereocenters. The Morgan fingerprint density at radius 3 is 2.36 bits per heavy atom. The lowest BCUT2D eigenvalue weighted by atomic mass is 10.1. The van der Waals surface area contributed by atoms with Gasteiger partial charge in [-0.25, -0.2) is 24.1 Å². The number of nitrogens with zero attached hydrogens (tertiary/aromatic N) is 5. The number of nitrogens with one attached hydrogen (secondary N) is 2. The molecule has 2 aliphatic heterocycles. The van der Waals surface area contributed by atoms with E-state index >= 15 is 0 Å². The number of aromatic nitrogens is 5. The van der Waals surface area contributed by atoms with E-state index in [2.05, 4.69) is 29.9 Å². The number of phosphoric ester groups is 2. The summed E-state index contributed by atoms with van der Waals surface area (Å²) < 4.78 is 52.5. The smallest absolute Gasteiger partial charge is 0.481 e. The van der Waals surface area contributed by atoms with E-state index in [1.165, 1.54) is 46.3 Å². The number of fused-ring (bicyclic) bond motifs is 1. The van der Waals surface area contributed by atoms with Crippen LogP contribution in [0.4, 0.5) is 5.82 Å². The van der Waals surface area contributed by atoms with E-state index in [1.54, 1.807) is 0 Å². The minimum Gasteiger partial charge on any atom is -0.843 e. The average molecular weight is 820 g/mol. The van der Waals surface area contributed by atoms with Crippen LogP contribution in [0.3, 0.4) is 0 Å². The first kappa shape index (κ1) is 42.6. The van der Waals surface area contributed by atoms with Crippen molar-refractivity contribution in [3.05, 3.63) is 42.7 Å². The number of carbonyl (C=O) groups is 2. The van der Waals surface area contributed by atoms with Crippen LogP contribution in [-0.2, 0) is 36.8 Å². The number of unbranched alkanes of at least 4 members (excludes halogenated alkanes) is 3. The molecule has 0 aliphatic carbocycles. The number of imidazole rings is 1. The zero-order chi connectivity index (χ0) is 39.9. The Hall–Kier alpha value is -3.58. The highest BCUT2D eigenvalue weighted by atomic mass is 31.3. The van der Waals surface area contributed by atoms with Crippen molar-refractivity contribution in [2.75, 3.05) is 38.2 Å². The predicted octanol–water partition coefficient (Wildman–Crippen LogP) is -3.18. The lowest BCUT2D eigenvalue weighted by Gasteiger charge is -2.22. The lowest BCUT2D eigenvalue weighted by molar-refractivity contribution is -0.782. The van der Waals surface area contributed by atoms with E-state index in [9.17, 15) is 48.9 Å². The molecule has 11 N–H and O–H groups in total. The molecule has 0 saturated carbocycles. The van der Waals surface area contributed by atoms with Gasteiger partial charge in [0.2, 0.25) is 5.91 Å². The molecule has 0 spiro atoms. The molecule has 5 heterocycles. The topological polar surface area (TPSA) is 362 Å². The third-order valence-electron chi connectivity index (χ3n) is 8.56. The predicted molar refractivity (Wildman–Crippen MR) is 182 cm³/mol. The minimum atomic E-state index is -5.44. The van der Waals surface area contributed by atoms with Crippen molar-refractivity contribution in [3.63, 3.8) is 0 Å². The number of phosphoric acid groups is 2. The Kier molecular flexibility index (Phi) is 14.4. The lowest BCUT2D eigenvalue weighted by Crippen LogP contribution is -2.52. The number of hydrogen-bond acceptors (Lipinski definition) is 18. The number of carbonyl (C=O) groups excluding carboxylic acids is 2.